The van der Waals surface area contributed by atoms with Gasteiger partial charge >= 0.3 is 0 Å². The third-order valence-corrected chi connectivity index (χ3v) is 5.48. The van der Waals surface area contributed by atoms with Gasteiger partial charge in [-0.3, -0.25) is 4.79 Å². The first-order valence-electron chi connectivity index (χ1n) is 8.41. The summed E-state index contributed by atoms with van der Waals surface area (Å²) in [5.41, 5.74) is 2.82. The minimum absolute atomic E-state index is 0.461. The molecule has 1 fully saturated rings. The number of fused-ring (bicyclic) bond motifs is 3. The molecule has 0 heterocycles. The summed E-state index contributed by atoms with van der Waals surface area (Å²) in [7, 11) is 1.72. The Morgan fingerprint density at radius 2 is 2.14 bits per heavy atom. The fraction of sp³-hybridized carbons (Fsp3) is 0.632. The molecule has 0 unspecified atom stereocenters. The number of unbranched alkanes of at least 4 members (excludes halogenated alkanes) is 1. The molecule has 2 nitrogen and oxygen atoms in total. The molecule has 1 saturated carbocycles. The molecule has 2 aliphatic rings. The maximum absolute atomic E-state index is 12.2. The number of hydrogen-bond acceptors (Lipinski definition) is 2. The van der Waals surface area contributed by atoms with Crippen molar-refractivity contribution in [3.63, 3.8) is 0 Å². The third-order valence-electron chi connectivity index (χ3n) is 5.48. The molecule has 3 rings (SSSR count). The van der Waals surface area contributed by atoms with Gasteiger partial charge in [0, 0.05) is 12.8 Å². The fourth-order valence-corrected chi connectivity index (χ4v) is 4.42. The molecule has 0 saturated heterocycles. The van der Waals surface area contributed by atoms with Gasteiger partial charge in [-0.15, -0.1) is 0 Å². The maximum atomic E-state index is 12.2. The molecule has 1 aromatic carbocycles. The smallest absolute Gasteiger partial charge is 0.133 e. The molecule has 114 valence electrons. The molecule has 0 aliphatic heterocycles. The van der Waals surface area contributed by atoms with Gasteiger partial charge in [-0.2, -0.15) is 0 Å². The normalized spacial score (nSPS) is 27.9. The number of rotatable bonds is 4. The van der Waals surface area contributed by atoms with E-state index in [-0.39, 0.29) is 0 Å². The monoisotopic (exact) mass is 286 g/mol. The molecule has 0 spiro atoms. The highest BCUT2D eigenvalue weighted by Crippen LogP contribution is 2.48. The van der Waals surface area contributed by atoms with Crippen molar-refractivity contribution in [2.24, 2.45) is 11.8 Å². The number of carbonyl (C=O) groups is 1. The average molecular weight is 286 g/mol. The molecule has 3 atom stereocenters. The quantitative estimate of drug-likeness (QED) is 0.814. The summed E-state index contributed by atoms with van der Waals surface area (Å²) in [5.74, 6) is 3.21. The minimum Gasteiger partial charge on any atom is -0.497 e. The van der Waals surface area contributed by atoms with Gasteiger partial charge in [0.2, 0.25) is 0 Å². The lowest BCUT2D eigenvalue weighted by molar-refractivity contribution is -0.123. The van der Waals surface area contributed by atoms with Crippen molar-refractivity contribution in [2.75, 3.05) is 7.11 Å². The summed E-state index contributed by atoms with van der Waals surface area (Å²) >= 11 is 0. The summed E-state index contributed by atoms with van der Waals surface area (Å²) < 4.78 is 5.34. The molecule has 0 amide bonds. The second kappa shape index (κ2) is 6.21. The second-order valence-electron chi connectivity index (χ2n) is 6.72. The van der Waals surface area contributed by atoms with Crippen LogP contribution in [-0.4, -0.2) is 12.9 Å². The van der Waals surface area contributed by atoms with E-state index in [2.05, 4.69) is 25.1 Å². The topological polar surface area (TPSA) is 26.3 Å². The van der Waals surface area contributed by atoms with E-state index in [1.165, 1.54) is 36.8 Å². The van der Waals surface area contributed by atoms with Gasteiger partial charge in [0.25, 0.3) is 0 Å². The largest absolute Gasteiger partial charge is 0.497 e. The minimum atomic E-state index is 0.461. The summed E-state index contributed by atoms with van der Waals surface area (Å²) in [6, 6.07) is 6.44. The van der Waals surface area contributed by atoms with Crippen LogP contribution in [0.1, 0.15) is 62.5 Å². The summed E-state index contributed by atoms with van der Waals surface area (Å²) in [5, 5.41) is 0. The number of methoxy groups -OCH3 is 1. The van der Waals surface area contributed by atoms with Crippen LogP contribution in [0.15, 0.2) is 18.2 Å². The molecule has 0 N–H and O–H groups in total. The number of aryl methyl sites for hydroxylation is 1. The van der Waals surface area contributed by atoms with Crippen molar-refractivity contribution in [1.29, 1.82) is 0 Å². The van der Waals surface area contributed by atoms with Crippen molar-refractivity contribution in [3.8, 4) is 5.75 Å². The first-order chi connectivity index (χ1) is 10.2. The van der Waals surface area contributed by atoms with E-state index in [0.29, 0.717) is 17.6 Å². The van der Waals surface area contributed by atoms with Crippen molar-refractivity contribution >= 4 is 5.78 Å². The number of ether oxygens (including phenoxy) is 1. The first kappa shape index (κ1) is 14.6. The molecule has 1 aromatic rings. The zero-order valence-electron chi connectivity index (χ0n) is 13.2. The summed E-state index contributed by atoms with van der Waals surface area (Å²) in [6.45, 7) is 2.24. The van der Waals surface area contributed by atoms with E-state index in [1.807, 2.05) is 0 Å². The van der Waals surface area contributed by atoms with Gasteiger partial charge in [0.05, 0.1) is 7.11 Å². The Kier molecular flexibility index (Phi) is 4.32. The highest BCUT2D eigenvalue weighted by molar-refractivity contribution is 5.81. The van der Waals surface area contributed by atoms with Gasteiger partial charge in [0.15, 0.2) is 0 Å². The fourth-order valence-electron chi connectivity index (χ4n) is 4.42. The van der Waals surface area contributed by atoms with E-state index in [4.69, 9.17) is 4.74 Å². The lowest BCUT2D eigenvalue weighted by atomic mass is 9.62. The van der Waals surface area contributed by atoms with Crippen LogP contribution in [0.25, 0.3) is 0 Å². The van der Waals surface area contributed by atoms with Crippen LogP contribution in [0.5, 0.6) is 5.75 Å². The Labute approximate surface area is 127 Å². The number of hydrogen-bond donors (Lipinski definition) is 0. The lowest BCUT2D eigenvalue weighted by Crippen LogP contribution is -2.35. The van der Waals surface area contributed by atoms with Crippen molar-refractivity contribution in [2.45, 2.75) is 57.8 Å². The zero-order chi connectivity index (χ0) is 14.8. The van der Waals surface area contributed by atoms with Gasteiger partial charge in [-0.1, -0.05) is 25.8 Å². The Hall–Kier alpha value is -1.31. The van der Waals surface area contributed by atoms with Gasteiger partial charge in [-0.05, 0) is 60.3 Å². The van der Waals surface area contributed by atoms with Crippen LogP contribution in [0.2, 0.25) is 0 Å². The van der Waals surface area contributed by atoms with Crippen LogP contribution >= 0.6 is 0 Å². The van der Waals surface area contributed by atoms with Crippen molar-refractivity contribution < 1.29 is 9.53 Å². The van der Waals surface area contributed by atoms with Gasteiger partial charge < -0.3 is 4.74 Å². The average Bonchev–Trinajstić information content (AvgIpc) is 2.51. The maximum Gasteiger partial charge on any atom is 0.133 e. The summed E-state index contributed by atoms with van der Waals surface area (Å²) in [4.78, 5) is 12.2. The van der Waals surface area contributed by atoms with E-state index in [9.17, 15) is 4.79 Å². The Morgan fingerprint density at radius 3 is 2.90 bits per heavy atom. The first-order valence-corrected chi connectivity index (χ1v) is 8.41. The second-order valence-corrected chi connectivity index (χ2v) is 6.72. The van der Waals surface area contributed by atoms with Crippen LogP contribution in [-0.2, 0) is 11.2 Å². The lowest BCUT2D eigenvalue weighted by Gasteiger charge is -2.42. The molecular formula is C19H26O2. The number of Topliss-reactive ketones (excluding diaryl/α,β-unsaturated/α-hetero) is 1. The molecule has 2 aliphatic carbocycles. The highest BCUT2D eigenvalue weighted by atomic mass is 16.5. The number of benzene rings is 1. The Morgan fingerprint density at radius 1 is 1.29 bits per heavy atom. The number of carbonyl (C=O) groups excluding carboxylic acids is 1. The van der Waals surface area contributed by atoms with E-state index < -0.39 is 0 Å². The molecule has 2 heteroatoms. The molecule has 21 heavy (non-hydrogen) atoms. The van der Waals surface area contributed by atoms with Crippen LogP contribution in [0, 0.1) is 11.8 Å². The SMILES string of the molecule is CCCC[C@@H]1CC(=O)C[C@@H]2c3ccc(OC)cc3CC[C@@H]12. The summed E-state index contributed by atoms with van der Waals surface area (Å²) in [6.07, 6.45) is 7.69. The molecule has 0 radical (unpaired) electrons. The van der Waals surface area contributed by atoms with Crippen LogP contribution < -0.4 is 4.74 Å². The standard InChI is InChI=1S/C19H26O2/c1-3-4-5-13-10-15(20)12-19-17(13)8-6-14-11-16(21-2)7-9-18(14)19/h7,9,11,13,17,19H,3-6,8,10,12H2,1-2H3/t13-,17+,19+/m1/s1. The van der Waals surface area contributed by atoms with Crippen LogP contribution in [0.3, 0.4) is 0 Å². The zero-order valence-corrected chi connectivity index (χ0v) is 13.2. The Balaban J connectivity index is 1.87. The van der Waals surface area contributed by atoms with Crippen molar-refractivity contribution in [3.05, 3.63) is 29.3 Å². The third kappa shape index (κ3) is 2.86. The molecule has 0 aromatic heterocycles. The van der Waals surface area contributed by atoms with Gasteiger partial charge in [-0.25, -0.2) is 0 Å². The van der Waals surface area contributed by atoms with E-state index in [0.717, 1.165) is 30.9 Å². The molecular weight excluding hydrogens is 260 g/mol. The predicted octanol–water partition coefficient (Wildman–Crippen LogP) is 4.51. The van der Waals surface area contributed by atoms with E-state index >= 15 is 0 Å². The van der Waals surface area contributed by atoms with Gasteiger partial charge in [0.1, 0.15) is 11.5 Å². The van der Waals surface area contributed by atoms with Crippen LogP contribution in [0.4, 0.5) is 0 Å². The highest BCUT2D eigenvalue weighted by Gasteiger charge is 2.40. The van der Waals surface area contributed by atoms with E-state index in [1.54, 1.807) is 7.11 Å². The Bertz CT molecular complexity index is 520. The van der Waals surface area contributed by atoms with Crippen molar-refractivity contribution in [1.82, 2.24) is 0 Å². The number of ketones is 1. The predicted molar refractivity (Wildman–Crippen MR) is 84.8 cm³/mol. The molecule has 0 bridgehead atoms.